The Morgan fingerprint density at radius 2 is 2.00 bits per heavy atom. The molecule has 3 rings (SSSR count). The van der Waals surface area contributed by atoms with E-state index in [1.54, 1.807) is 24.3 Å². The zero-order valence-electron chi connectivity index (χ0n) is 13.7. The van der Waals surface area contributed by atoms with Crippen LogP contribution in [0, 0.1) is 5.82 Å². The molecule has 0 aliphatic carbocycles. The van der Waals surface area contributed by atoms with Gasteiger partial charge in [-0.1, -0.05) is 23.7 Å². The van der Waals surface area contributed by atoms with Crippen LogP contribution in [0.5, 0.6) is 11.5 Å². The fourth-order valence-corrected chi connectivity index (χ4v) is 2.44. The van der Waals surface area contributed by atoms with Gasteiger partial charge in [-0.25, -0.2) is 9.18 Å². The van der Waals surface area contributed by atoms with Gasteiger partial charge in [-0.2, -0.15) is 0 Å². The number of hydrogen-bond donors (Lipinski definition) is 1. The first-order valence-electron chi connectivity index (χ1n) is 7.79. The lowest BCUT2D eigenvalue weighted by Gasteiger charge is -2.25. The fraction of sp³-hybridized carbons (Fsp3) is 0.222. The van der Waals surface area contributed by atoms with E-state index >= 15 is 0 Å². The summed E-state index contributed by atoms with van der Waals surface area (Å²) in [4.78, 5) is 24.3. The maximum atomic E-state index is 13.1. The molecule has 2 atom stereocenters. The van der Waals surface area contributed by atoms with E-state index in [-0.39, 0.29) is 17.3 Å². The van der Waals surface area contributed by atoms with Gasteiger partial charge in [0.25, 0.3) is 5.91 Å². The lowest BCUT2D eigenvalue weighted by molar-refractivity contribution is -0.162. The predicted molar refractivity (Wildman–Crippen MR) is 91.9 cm³/mol. The molecule has 0 aromatic heterocycles. The molecule has 8 heteroatoms. The van der Waals surface area contributed by atoms with E-state index in [1.165, 1.54) is 19.1 Å². The number of carbonyl (C=O) groups is 2. The maximum Gasteiger partial charge on any atom is 0.351 e. The van der Waals surface area contributed by atoms with Gasteiger partial charge in [0.1, 0.15) is 12.4 Å². The number of anilines is 1. The quantitative estimate of drug-likeness (QED) is 0.826. The van der Waals surface area contributed by atoms with Gasteiger partial charge in [-0.15, -0.1) is 0 Å². The zero-order chi connectivity index (χ0) is 18.7. The predicted octanol–water partition coefficient (Wildman–Crippen LogP) is 3.19. The van der Waals surface area contributed by atoms with Crippen molar-refractivity contribution in [2.24, 2.45) is 0 Å². The minimum absolute atomic E-state index is 0.0161. The summed E-state index contributed by atoms with van der Waals surface area (Å²) < 4.78 is 29.2. The summed E-state index contributed by atoms with van der Waals surface area (Å²) >= 11 is 5.66. The summed E-state index contributed by atoms with van der Waals surface area (Å²) in [5, 5.41) is 2.37. The van der Waals surface area contributed by atoms with E-state index in [0.717, 1.165) is 6.07 Å². The van der Waals surface area contributed by atoms with Crippen molar-refractivity contribution >= 4 is 29.2 Å². The van der Waals surface area contributed by atoms with Crippen LogP contribution in [0.15, 0.2) is 42.5 Å². The van der Waals surface area contributed by atoms with Gasteiger partial charge in [0.15, 0.2) is 17.6 Å². The van der Waals surface area contributed by atoms with Crippen LogP contribution in [-0.4, -0.2) is 30.7 Å². The van der Waals surface area contributed by atoms with Crippen molar-refractivity contribution in [3.05, 3.63) is 53.3 Å². The first-order chi connectivity index (χ1) is 12.4. The molecule has 0 spiro atoms. The van der Waals surface area contributed by atoms with Crippen molar-refractivity contribution in [2.45, 2.75) is 19.1 Å². The Morgan fingerprint density at radius 1 is 1.27 bits per heavy atom. The zero-order valence-corrected chi connectivity index (χ0v) is 14.5. The van der Waals surface area contributed by atoms with E-state index in [2.05, 4.69) is 5.32 Å². The van der Waals surface area contributed by atoms with Crippen LogP contribution in [0.2, 0.25) is 5.02 Å². The number of nitrogens with one attached hydrogen (secondary N) is 1. The molecule has 26 heavy (non-hydrogen) atoms. The van der Waals surface area contributed by atoms with Gasteiger partial charge < -0.3 is 19.5 Å². The Morgan fingerprint density at radius 3 is 2.73 bits per heavy atom. The van der Waals surface area contributed by atoms with Crippen molar-refractivity contribution in [2.75, 3.05) is 11.9 Å². The molecule has 2 aromatic rings. The van der Waals surface area contributed by atoms with Gasteiger partial charge in [-0.3, -0.25) is 4.79 Å². The van der Waals surface area contributed by atoms with Crippen molar-refractivity contribution in [1.82, 2.24) is 0 Å². The molecule has 0 radical (unpaired) electrons. The summed E-state index contributed by atoms with van der Waals surface area (Å²) in [6, 6.07) is 10.7. The van der Waals surface area contributed by atoms with E-state index in [1.807, 2.05) is 0 Å². The molecular weight excluding hydrogens is 365 g/mol. The molecule has 0 unspecified atom stereocenters. The number of rotatable bonds is 4. The van der Waals surface area contributed by atoms with Crippen molar-refractivity contribution in [3.63, 3.8) is 0 Å². The minimum atomic E-state index is -1.09. The summed E-state index contributed by atoms with van der Waals surface area (Å²) in [6.45, 7) is 1.40. The normalized spacial score (nSPS) is 16.5. The second kappa shape index (κ2) is 7.61. The molecular formula is C18H15ClFNO5. The third-order valence-corrected chi connectivity index (χ3v) is 3.91. The molecule has 6 nitrogen and oxygen atoms in total. The minimum Gasteiger partial charge on any atom is -0.485 e. The van der Waals surface area contributed by atoms with Crippen LogP contribution in [0.3, 0.4) is 0 Å². The SMILES string of the molecule is C[C@@H](OC(=O)[C@H]1COc2ccccc2O1)C(=O)Nc1ccc(F)c(Cl)c1. The fourth-order valence-electron chi connectivity index (χ4n) is 2.26. The highest BCUT2D eigenvalue weighted by Crippen LogP contribution is 2.31. The summed E-state index contributed by atoms with van der Waals surface area (Å²) in [7, 11) is 0. The number of amides is 1. The Balaban J connectivity index is 1.57. The largest absolute Gasteiger partial charge is 0.485 e. The number of esters is 1. The van der Waals surface area contributed by atoms with Crippen LogP contribution < -0.4 is 14.8 Å². The molecule has 0 saturated carbocycles. The lowest BCUT2D eigenvalue weighted by atomic mass is 10.2. The summed E-state index contributed by atoms with van der Waals surface area (Å²) in [5.74, 6) is -0.939. The Hall–Kier alpha value is -2.80. The third-order valence-electron chi connectivity index (χ3n) is 3.62. The molecule has 0 bridgehead atoms. The Kier molecular flexibility index (Phi) is 5.27. The molecule has 1 aliphatic heterocycles. The highest BCUT2D eigenvalue weighted by molar-refractivity contribution is 6.31. The number of fused-ring (bicyclic) bond motifs is 1. The smallest absolute Gasteiger partial charge is 0.351 e. The van der Waals surface area contributed by atoms with Gasteiger partial charge in [0, 0.05) is 5.69 Å². The number of halogens is 2. The highest BCUT2D eigenvalue weighted by Gasteiger charge is 2.31. The summed E-state index contributed by atoms with van der Waals surface area (Å²) in [6.07, 6.45) is -2.06. The number of hydrogen-bond acceptors (Lipinski definition) is 5. The molecule has 0 saturated heterocycles. The van der Waals surface area contributed by atoms with E-state index in [9.17, 15) is 14.0 Å². The monoisotopic (exact) mass is 379 g/mol. The van der Waals surface area contributed by atoms with Crippen molar-refractivity contribution in [1.29, 1.82) is 0 Å². The van der Waals surface area contributed by atoms with Crippen LogP contribution >= 0.6 is 11.6 Å². The molecule has 1 amide bonds. The number of carbonyl (C=O) groups excluding carboxylic acids is 2. The Bertz CT molecular complexity index is 844. The van der Waals surface area contributed by atoms with Crippen molar-refractivity contribution < 1.29 is 28.2 Å². The van der Waals surface area contributed by atoms with E-state index in [4.69, 9.17) is 25.8 Å². The second-order valence-electron chi connectivity index (χ2n) is 5.56. The number of para-hydroxylation sites is 2. The number of benzene rings is 2. The van der Waals surface area contributed by atoms with Gasteiger partial charge in [0.2, 0.25) is 6.10 Å². The van der Waals surface area contributed by atoms with Crippen LogP contribution in [0.4, 0.5) is 10.1 Å². The summed E-state index contributed by atoms with van der Waals surface area (Å²) in [5.41, 5.74) is 0.287. The highest BCUT2D eigenvalue weighted by atomic mass is 35.5. The average molecular weight is 380 g/mol. The topological polar surface area (TPSA) is 73.9 Å². The van der Waals surface area contributed by atoms with Crippen LogP contribution in [0.1, 0.15) is 6.92 Å². The molecule has 2 aromatic carbocycles. The molecule has 1 aliphatic rings. The van der Waals surface area contributed by atoms with E-state index < -0.39 is 29.9 Å². The molecule has 0 fully saturated rings. The molecule has 1 N–H and O–H groups in total. The first-order valence-corrected chi connectivity index (χ1v) is 8.16. The van der Waals surface area contributed by atoms with Gasteiger partial charge in [0.05, 0.1) is 5.02 Å². The standard InChI is InChI=1S/C18H15ClFNO5/c1-10(17(22)21-11-6-7-13(20)12(19)8-11)25-18(23)16-9-24-14-4-2-3-5-15(14)26-16/h2-8,10,16H,9H2,1H3,(H,21,22)/t10-,16-/m1/s1. The second-order valence-corrected chi connectivity index (χ2v) is 5.97. The maximum absolute atomic E-state index is 13.1. The number of ether oxygens (including phenoxy) is 3. The Labute approximate surface area is 153 Å². The van der Waals surface area contributed by atoms with Gasteiger partial charge in [-0.05, 0) is 37.3 Å². The lowest BCUT2D eigenvalue weighted by Crippen LogP contribution is -2.41. The van der Waals surface area contributed by atoms with E-state index in [0.29, 0.717) is 11.5 Å². The van der Waals surface area contributed by atoms with Crippen molar-refractivity contribution in [3.8, 4) is 11.5 Å². The van der Waals surface area contributed by atoms with Crippen LogP contribution in [0.25, 0.3) is 0 Å². The first kappa shape index (κ1) is 18.0. The molecule has 136 valence electrons. The van der Waals surface area contributed by atoms with Crippen LogP contribution in [-0.2, 0) is 14.3 Å². The third kappa shape index (κ3) is 4.05. The molecule has 1 heterocycles. The van der Waals surface area contributed by atoms with Gasteiger partial charge >= 0.3 is 5.97 Å². The average Bonchev–Trinajstić information content (AvgIpc) is 2.64.